The van der Waals surface area contributed by atoms with Crippen molar-refractivity contribution in [3.05, 3.63) is 35.6 Å². The molecule has 1 aliphatic rings. The van der Waals surface area contributed by atoms with Crippen LogP contribution >= 0.6 is 11.8 Å². The van der Waals surface area contributed by atoms with E-state index in [9.17, 15) is 9.59 Å². The lowest BCUT2D eigenvalue weighted by Crippen LogP contribution is -2.31. The van der Waals surface area contributed by atoms with Crippen molar-refractivity contribution < 1.29 is 14.0 Å². The molecular formula is C13H13N3O3S. The number of fused-ring (bicyclic) bond motifs is 1. The zero-order valence-electron chi connectivity index (χ0n) is 10.6. The van der Waals surface area contributed by atoms with Gasteiger partial charge in [-0.2, -0.15) is 0 Å². The van der Waals surface area contributed by atoms with Gasteiger partial charge >= 0.3 is 5.91 Å². The van der Waals surface area contributed by atoms with Gasteiger partial charge in [0.2, 0.25) is 0 Å². The Labute approximate surface area is 119 Å². The van der Waals surface area contributed by atoms with E-state index < -0.39 is 5.91 Å². The van der Waals surface area contributed by atoms with E-state index in [-0.39, 0.29) is 11.0 Å². The predicted molar refractivity (Wildman–Crippen MR) is 76.1 cm³/mol. The summed E-state index contributed by atoms with van der Waals surface area (Å²) in [5.41, 5.74) is 3.38. The average molecular weight is 291 g/mol. The third kappa shape index (κ3) is 2.14. The molecule has 104 valence electrons. The smallest absolute Gasteiger partial charge is 0.301 e. The predicted octanol–water partition coefficient (Wildman–Crippen LogP) is 1.71. The van der Waals surface area contributed by atoms with Crippen LogP contribution in [0.5, 0.6) is 0 Å². The number of nitrogens with zero attached hydrogens (tertiary/aromatic N) is 1. The Morgan fingerprint density at radius 1 is 1.45 bits per heavy atom. The molecule has 1 saturated heterocycles. The number of carbonyl (C=O) groups is 2. The molecule has 20 heavy (non-hydrogen) atoms. The maximum Gasteiger partial charge on any atom is 0.301 e. The fourth-order valence-corrected chi connectivity index (χ4v) is 3.09. The summed E-state index contributed by atoms with van der Waals surface area (Å²) in [6.45, 7) is 1.03. The summed E-state index contributed by atoms with van der Waals surface area (Å²) in [6, 6.07) is 7.35. The van der Waals surface area contributed by atoms with Crippen LogP contribution in [0, 0.1) is 0 Å². The Balaban J connectivity index is 2.06. The van der Waals surface area contributed by atoms with Gasteiger partial charge in [0, 0.05) is 23.2 Å². The number of carbonyl (C=O) groups excluding carboxylic acids is 2. The van der Waals surface area contributed by atoms with Crippen LogP contribution < -0.4 is 11.3 Å². The number of benzene rings is 1. The van der Waals surface area contributed by atoms with Crippen molar-refractivity contribution >= 4 is 33.9 Å². The van der Waals surface area contributed by atoms with Gasteiger partial charge in [0.1, 0.15) is 5.58 Å². The van der Waals surface area contributed by atoms with Crippen molar-refractivity contribution in [2.75, 3.05) is 12.3 Å². The summed E-state index contributed by atoms with van der Waals surface area (Å²) in [7, 11) is 0. The number of amides is 2. The second-order valence-electron chi connectivity index (χ2n) is 4.42. The van der Waals surface area contributed by atoms with Gasteiger partial charge in [-0.3, -0.25) is 15.0 Å². The molecule has 0 unspecified atom stereocenters. The topological polar surface area (TPSA) is 88.6 Å². The van der Waals surface area contributed by atoms with Crippen LogP contribution in [-0.4, -0.2) is 28.3 Å². The number of thioether (sulfide) groups is 1. The van der Waals surface area contributed by atoms with Crippen molar-refractivity contribution in [2.24, 2.45) is 5.84 Å². The quantitative estimate of drug-likeness (QED) is 0.510. The Bertz CT molecular complexity index is 683. The minimum atomic E-state index is -0.490. The van der Waals surface area contributed by atoms with Gasteiger partial charge in [0.25, 0.3) is 5.24 Å². The van der Waals surface area contributed by atoms with Gasteiger partial charge < -0.3 is 9.32 Å². The molecule has 6 nitrogen and oxygen atoms in total. The molecule has 0 spiro atoms. The van der Waals surface area contributed by atoms with E-state index in [4.69, 9.17) is 10.3 Å². The second-order valence-corrected chi connectivity index (χ2v) is 5.46. The van der Waals surface area contributed by atoms with Crippen molar-refractivity contribution in [3.8, 4) is 0 Å². The van der Waals surface area contributed by atoms with Gasteiger partial charge in [-0.25, -0.2) is 5.84 Å². The summed E-state index contributed by atoms with van der Waals surface area (Å²) in [4.78, 5) is 25.2. The Hall–Kier alpha value is -1.99. The molecule has 1 aromatic heterocycles. The fourth-order valence-electron chi connectivity index (χ4n) is 2.26. The van der Waals surface area contributed by atoms with Crippen LogP contribution in [-0.2, 0) is 6.54 Å². The van der Waals surface area contributed by atoms with E-state index in [2.05, 4.69) is 5.43 Å². The first-order valence-electron chi connectivity index (χ1n) is 6.13. The summed E-state index contributed by atoms with van der Waals surface area (Å²) in [5, 5.41) is 0.852. The van der Waals surface area contributed by atoms with E-state index >= 15 is 0 Å². The van der Waals surface area contributed by atoms with E-state index in [1.807, 2.05) is 18.2 Å². The molecule has 2 amide bonds. The largest absolute Gasteiger partial charge is 0.450 e. The minimum Gasteiger partial charge on any atom is -0.450 e. The highest BCUT2D eigenvalue weighted by atomic mass is 32.2. The van der Waals surface area contributed by atoms with Crippen molar-refractivity contribution in [1.82, 2.24) is 10.3 Å². The molecule has 2 heterocycles. The molecule has 2 aromatic rings. The van der Waals surface area contributed by atoms with Gasteiger partial charge in [-0.05, 0) is 6.07 Å². The molecule has 0 aliphatic carbocycles. The maximum absolute atomic E-state index is 11.8. The first kappa shape index (κ1) is 13.0. The fraction of sp³-hybridized carbons (Fsp3) is 0.231. The van der Waals surface area contributed by atoms with E-state index in [0.717, 1.165) is 11.1 Å². The first-order valence-corrected chi connectivity index (χ1v) is 7.12. The lowest BCUT2D eigenvalue weighted by Gasteiger charge is -2.14. The van der Waals surface area contributed by atoms with Crippen LogP contribution in [0.3, 0.4) is 0 Å². The molecule has 1 aliphatic heterocycles. The van der Waals surface area contributed by atoms with Crippen molar-refractivity contribution in [3.63, 3.8) is 0 Å². The second kappa shape index (κ2) is 5.18. The van der Waals surface area contributed by atoms with Crippen molar-refractivity contribution in [2.45, 2.75) is 6.54 Å². The molecule has 3 rings (SSSR count). The number of nitrogens with two attached hydrogens (primary N) is 1. The number of hydrogen-bond acceptors (Lipinski definition) is 5. The highest BCUT2D eigenvalue weighted by molar-refractivity contribution is 8.13. The zero-order valence-corrected chi connectivity index (χ0v) is 11.4. The maximum atomic E-state index is 11.8. The van der Waals surface area contributed by atoms with Crippen LogP contribution in [0.15, 0.2) is 28.7 Å². The standard InChI is InChI=1S/C13H13N3O3S/c14-15-12(17)11-9(7-16-5-6-20-13(16)18)8-3-1-2-4-10(8)19-11/h1-4H,5-7,14H2,(H,15,17). The molecule has 7 heteroatoms. The summed E-state index contributed by atoms with van der Waals surface area (Å²) in [5.74, 6) is 5.63. The third-order valence-electron chi connectivity index (χ3n) is 3.23. The summed E-state index contributed by atoms with van der Waals surface area (Å²) >= 11 is 1.28. The average Bonchev–Trinajstić information content (AvgIpc) is 3.03. The SMILES string of the molecule is NNC(=O)c1oc2ccccc2c1CN1CCSC1=O. The van der Waals surface area contributed by atoms with Crippen LogP contribution in [0.25, 0.3) is 11.0 Å². The zero-order chi connectivity index (χ0) is 14.1. The lowest BCUT2D eigenvalue weighted by atomic mass is 10.1. The van der Waals surface area contributed by atoms with Crippen LogP contribution in [0.1, 0.15) is 16.1 Å². The number of rotatable bonds is 3. The van der Waals surface area contributed by atoms with E-state index in [1.54, 1.807) is 11.0 Å². The Morgan fingerprint density at radius 2 is 2.25 bits per heavy atom. The van der Waals surface area contributed by atoms with E-state index in [0.29, 0.717) is 24.2 Å². The van der Waals surface area contributed by atoms with Gasteiger partial charge in [-0.15, -0.1) is 0 Å². The normalized spacial score (nSPS) is 15.1. The summed E-state index contributed by atoms with van der Waals surface area (Å²) in [6.07, 6.45) is 0. The number of nitrogen functional groups attached to an aromatic ring is 1. The highest BCUT2D eigenvalue weighted by Crippen LogP contribution is 2.29. The Morgan fingerprint density at radius 3 is 2.95 bits per heavy atom. The van der Waals surface area contributed by atoms with Gasteiger partial charge in [-0.1, -0.05) is 30.0 Å². The first-order chi connectivity index (χ1) is 9.70. The van der Waals surface area contributed by atoms with Crippen LogP contribution in [0.2, 0.25) is 0 Å². The molecule has 0 radical (unpaired) electrons. The molecule has 0 saturated carbocycles. The third-order valence-corrected chi connectivity index (χ3v) is 4.12. The van der Waals surface area contributed by atoms with E-state index in [1.165, 1.54) is 11.8 Å². The molecular weight excluding hydrogens is 278 g/mol. The molecule has 0 atom stereocenters. The van der Waals surface area contributed by atoms with Crippen molar-refractivity contribution in [1.29, 1.82) is 0 Å². The number of para-hydroxylation sites is 1. The number of furan rings is 1. The minimum absolute atomic E-state index is 0.0226. The number of hydrogen-bond donors (Lipinski definition) is 2. The number of hydrazine groups is 1. The molecule has 1 aromatic carbocycles. The summed E-state index contributed by atoms with van der Waals surface area (Å²) < 4.78 is 5.56. The lowest BCUT2D eigenvalue weighted by molar-refractivity contribution is 0.0925. The Kier molecular flexibility index (Phi) is 3.37. The number of nitrogens with one attached hydrogen (secondary N) is 1. The highest BCUT2D eigenvalue weighted by Gasteiger charge is 2.26. The molecule has 0 bridgehead atoms. The van der Waals surface area contributed by atoms with Gasteiger partial charge in [0.15, 0.2) is 5.76 Å². The molecule has 3 N–H and O–H groups in total. The monoisotopic (exact) mass is 291 g/mol. The molecule has 1 fully saturated rings. The van der Waals surface area contributed by atoms with Gasteiger partial charge in [0.05, 0.1) is 6.54 Å². The van der Waals surface area contributed by atoms with Crippen LogP contribution in [0.4, 0.5) is 4.79 Å².